The highest BCUT2D eigenvalue weighted by Crippen LogP contribution is 2.25. The summed E-state index contributed by atoms with van der Waals surface area (Å²) in [6.07, 6.45) is 0.738. The third kappa shape index (κ3) is 3.45. The van der Waals surface area contributed by atoms with Crippen molar-refractivity contribution in [2.75, 3.05) is 13.7 Å². The molecule has 0 unspecified atom stereocenters. The summed E-state index contributed by atoms with van der Waals surface area (Å²) in [5.74, 6) is 2.49. The molecule has 2 N–H and O–H groups in total. The van der Waals surface area contributed by atoms with Crippen molar-refractivity contribution in [1.29, 1.82) is 0 Å². The topological polar surface area (TPSA) is 83.4 Å². The summed E-state index contributed by atoms with van der Waals surface area (Å²) in [4.78, 5) is 4.09. The van der Waals surface area contributed by atoms with Gasteiger partial charge in [-0.3, -0.25) is 0 Å². The Balaban J connectivity index is 2.12. The van der Waals surface area contributed by atoms with E-state index in [4.69, 9.17) is 19.7 Å². The number of methoxy groups -OCH3 is 1. The average Bonchev–Trinajstić information content (AvgIpc) is 2.83. The zero-order chi connectivity index (χ0) is 13.7. The zero-order valence-corrected chi connectivity index (χ0v) is 11.0. The molecule has 0 radical (unpaired) electrons. The van der Waals surface area contributed by atoms with E-state index in [0.717, 1.165) is 23.5 Å². The number of aryl methyl sites for hydroxylation is 1. The van der Waals surface area contributed by atoms with Crippen molar-refractivity contribution in [3.63, 3.8) is 0 Å². The van der Waals surface area contributed by atoms with E-state index in [2.05, 4.69) is 10.1 Å². The second-order valence-corrected chi connectivity index (χ2v) is 4.04. The van der Waals surface area contributed by atoms with Crippen LogP contribution >= 0.6 is 0 Å². The lowest BCUT2D eigenvalue weighted by atomic mass is 10.1. The van der Waals surface area contributed by atoms with Crippen LogP contribution in [-0.2, 0) is 13.0 Å². The normalized spacial score (nSPS) is 10.5. The molecule has 0 atom stereocenters. The van der Waals surface area contributed by atoms with Gasteiger partial charge in [0.25, 0.3) is 5.89 Å². The second-order valence-electron chi connectivity index (χ2n) is 4.04. The van der Waals surface area contributed by atoms with Gasteiger partial charge in [0.1, 0.15) is 11.5 Å². The van der Waals surface area contributed by atoms with Gasteiger partial charge in [0, 0.05) is 6.07 Å². The molecule has 2 aromatic rings. The van der Waals surface area contributed by atoms with Gasteiger partial charge in [0.15, 0.2) is 12.4 Å². The van der Waals surface area contributed by atoms with Crippen molar-refractivity contribution in [3.05, 3.63) is 35.5 Å². The molecule has 1 aromatic carbocycles. The molecule has 1 aromatic heterocycles. The SMILES string of the molecule is COc1ccc(CCN)c(OCc2nc(C)no2)c1. The van der Waals surface area contributed by atoms with Crippen LogP contribution in [0.3, 0.4) is 0 Å². The Morgan fingerprint density at radius 2 is 2.21 bits per heavy atom. The Morgan fingerprint density at radius 3 is 2.84 bits per heavy atom. The first-order chi connectivity index (χ1) is 9.22. The van der Waals surface area contributed by atoms with Crippen molar-refractivity contribution < 1.29 is 14.0 Å². The molecular formula is C13H17N3O3. The van der Waals surface area contributed by atoms with Crippen LogP contribution in [0, 0.1) is 6.92 Å². The maximum Gasteiger partial charge on any atom is 0.264 e. The molecule has 0 spiro atoms. The third-order valence-corrected chi connectivity index (χ3v) is 2.61. The van der Waals surface area contributed by atoms with Crippen molar-refractivity contribution in [2.24, 2.45) is 5.73 Å². The minimum atomic E-state index is 0.228. The summed E-state index contributed by atoms with van der Waals surface area (Å²) in [7, 11) is 1.61. The molecule has 19 heavy (non-hydrogen) atoms. The van der Waals surface area contributed by atoms with Gasteiger partial charge in [-0.05, 0) is 31.5 Å². The Bertz CT molecular complexity index is 540. The maximum absolute atomic E-state index is 5.70. The fraction of sp³-hybridized carbons (Fsp3) is 0.385. The predicted molar refractivity (Wildman–Crippen MR) is 69.1 cm³/mol. The summed E-state index contributed by atoms with van der Waals surface area (Å²) in [5.41, 5.74) is 6.61. The van der Waals surface area contributed by atoms with Gasteiger partial charge in [0.05, 0.1) is 7.11 Å². The number of nitrogens with zero attached hydrogens (tertiary/aromatic N) is 2. The van der Waals surface area contributed by atoms with Crippen LogP contribution < -0.4 is 15.2 Å². The average molecular weight is 263 g/mol. The first-order valence-electron chi connectivity index (χ1n) is 6.02. The van der Waals surface area contributed by atoms with Gasteiger partial charge < -0.3 is 19.7 Å². The number of ether oxygens (including phenoxy) is 2. The Morgan fingerprint density at radius 1 is 1.37 bits per heavy atom. The smallest absolute Gasteiger partial charge is 0.264 e. The molecule has 0 aliphatic rings. The molecular weight excluding hydrogens is 246 g/mol. The summed E-state index contributed by atoms with van der Waals surface area (Å²) in [5, 5.41) is 3.71. The van der Waals surface area contributed by atoms with E-state index >= 15 is 0 Å². The molecule has 0 bridgehead atoms. The fourth-order valence-electron chi connectivity index (χ4n) is 1.70. The third-order valence-electron chi connectivity index (χ3n) is 2.61. The van der Waals surface area contributed by atoms with Crippen molar-refractivity contribution in [2.45, 2.75) is 20.0 Å². The van der Waals surface area contributed by atoms with Crippen LogP contribution in [0.2, 0.25) is 0 Å². The molecule has 6 nitrogen and oxygen atoms in total. The van der Waals surface area contributed by atoms with Crippen molar-refractivity contribution in [1.82, 2.24) is 10.1 Å². The highest BCUT2D eigenvalue weighted by atomic mass is 16.5. The number of nitrogens with two attached hydrogens (primary N) is 1. The monoisotopic (exact) mass is 263 g/mol. The van der Waals surface area contributed by atoms with E-state index in [0.29, 0.717) is 18.3 Å². The van der Waals surface area contributed by atoms with Gasteiger partial charge in [-0.15, -0.1) is 0 Å². The first kappa shape index (κ1) is 13.4. The van der Waals surface area contributed by atoms with E-state index in [1.54, 1.807) is 14.0 Å². The lowest BCUT2D eigenvalue weighted by Crippen LogP contribution is -2.06. The van der Waals surface area contributed by atoms with Crippen LogP contribution in [0.25, 0.3) is 0 Å². The Kier molecular flexibility index (Phi) is 4.35. The van der Waals surface area contributed by atoms with Gasteiger partial charge in [-0.2, -0.15) is 4.98 Å². The molecule has 0 fully saturated rings. The summed E-state index contributed by atoms with van der Waals surface area (Å²) >= 11 is 0. The molecule has 0 aliphatic heterocycles. The van der Waals surface area contributed by atoms with Crippen molar-refractivity contribution >= 4 is 0 Å². The molecule has 0 aliphatic carbocycles. The molecule has 102 valence electrons. The number of benzene rings is 1. The molecule has 0 amide bonds. The Hall–Kier alpha value is -2.08. The van der Waals surface area contributed by atoms with E-state index in [9.17, 15) is 0 Å². The minimum Gasteiger partial charge on any atom is -0.497 e. The minimum absolute atomic E-state index is 0.228. The summed E-state index contributed by atoms with van der Waals surface area (Å²) < 4.78 is 15.9. The fourth-order valence-corrected chi connectivity index (χ4v) is 1.70. The van der Waals surface area contributed by atoms with E-state index < -0.39 is 0 Å². The summed E-state index contributed by atoms with van der Waals surface area (Å²) in [6.45, 7) is 2.55. The van der Waals surface area contributed by atoms with Gasteiger partial charge in [-0.1, -0.05) is 11.2 Å². The van der Waals surface area contributed by atoms with E-state index in [1.165, 1.54) is 0 Å². The van der Waals surface area contributed by atoms with Crippen molar-refractivity contribution in [3.8, 4) is 11.5 Å². The molecule has 6 heteroatoms. The van der Waals surface area contributed by atoms with Gasteiger partial charge >= 0.3 is 0 Å². The number of hydrogen-bond acceptors (Lipinski definition) is 6. The van der Waals surface area contributed by atoms with Gasteiger partial charge in [0.2, 0.25) is 0 Å². The predicted octanol–water partition coefficient (Wildman–Crippen LogP) is 1.47. The van der Waals surface area contributed by atoms with Gasteiger partial charge in [-0.25, -0.2) is 0 Å². The molecule has 0 saturated carbocycles. The highest BCUT2D eigenvalue weighted by Gasteiger charge is 2.08. The Labute approximate surface area is 111 Å². The first-order valence-corrected chi connectivity index (χ1v) is 6.02. The van der Waals surface area contributed by atoms with Crippen LogP contribution in [0.4, 0.5) is 0 Å². The highest BCUT2D eigenvalue weighted by molar-refractivity contribution is 5.41. The van der Waals surface area contributed by atoms with E-state index in [1.807, 2.05) is 18.2 Å². The molecule has 1 heterocycles. The number of hydrogen-bond donors (Lipinski definition) is 1. The maximum atomic E-state index is 5.70. The number of rotatable bonds is 6. The quantitative estimate of drug-likeness (QED) is 0.849. The molecule has 0 saturated heterocycles. The second kappa shape index (κ2) is 6.19. The lowest BCUT2D eigenvalue weighted by molar-refractivity contribution is 0.240. The summed E-state index contributed by atoms with van der Waals surface area (Å²) in [6, 6.07) is 5.66. The standard InChI is InChI=1S/C13H17N3O3/c1-9-15-13(19-16-9)8-18-12-7-11(17-2)4-3-10(12)5-6-14/h3-4,7H,5-6,8,14H2,1-2H3. The van der Waals surface area contributed by atoms with Crippen LogP contribution in [0.5, 0.6) is 11.5 Å². The van der Waals surface area contributed by atoms with Crippen LogP contribution in [0.1, 0.15) is 17.3 Å². The van der Waals surface area contributed by atoms with Crippen LogP contribution in [-0.4, -0.2) is 23.8 Å². The van der Waals surface area contributed by atoms with E-state index in [-0.39, 0.29) is 6.61 Å². The molecule has 2 rings (SSSR count). The lowest BCUT2D eigenvalue weighted by Gasteiger charge is -2.11. The largest absolute Gasteiger partial charge is 0.497 e. The number of aromatic nitrogens is 2. The van der Waals surface area contributed by atoms with Crippen LogP contribution in [0.15, 0.2) is 22.7 Å². The zero-order valence-electron chi connectivity index (χ0n) is 11.0.